The Morgan fingerprint density at radius 1 is 0.621 bits per heavy atom. The van der Waals surface area contributed by atoms with E-state index < -0.39 is 0 Å². The molecule has 5 aliphatic rings. The van der Waals surface area contributed by atoms with E-state index in [0.717, 1.165) is 23.7 Å². The Hall–Kier alpha value is -2.12. The Morgan fingerprint density at radius 2 is 1.34 bits per heavy atom. The number of rotatable bonds is 0. The van der Waals surface area contributed by atoms with Crippen molar-refractivity contribution >= 4 is 31.5 Å². The van der Waals surface area contributed by atoms with Gasteiger partial charge in [0.2, 0.25) is 0 Å². The van der Waals surface area contributed by atoms with Gasteiger partial charge in [0.05, 0.1) is 0 Å². The van der Waals surface area contributed by atoms with E-state index >= 15 is 0 Å². The van der Waals surface area contributed by atoms with Crippen molar-refractivity contribution in [1.82, 2.24) is 0 Å². The first-order valence-electron chi connectivity index (χ1n) is 11.4. The highest BCUT2D eigenvalue weighted by Gasteiger charge is 2.61. The van der Waals surface area contributed by atoms with E-state index in [1.165, 1.54) is 57.8 Å². The largest absolute Gasteiger partial charge is 0.135 e. The number of fused-ring (bicyclic) bond motifs is 6. The smallest absolute Gasteiger partial charge is 0.0361 e. The van der Waals surface area contributed by atoms with Crippen molar-refractivity contribution in [2.45, 2.75) is 37.5 Å². The number of thiophene rings is 1. The van der Waals surface area contributed by atoms with Crippen molar-refractivity contribution in [3.8, 4) is 11.1 Å². The van der Waals surface area contributed by atoms with E-state index in [2.05, 4.69) is 60.7 Å². The van der Waals surface area contributed by atoms with Crippen LogP contribution in [0.2, 0.25) is 0 Å². The molecule has 4 aromatic rings. The van der Waals surface area contributed by atoms with Crippen LogP contribution in [0.4, 0.5) is 0 Å². The van der Waals surface area contributed by atoms with Gasteiger partial charge >= 0.3 is 0 Å². The second-order valence-electron chi connectivity index (χ2n) is 10.2. The molecule has 0 saturated heterocycles. The Balaban J connectivity index is 1.50. The number of hydrogen-bond acceptors (Lipinski definition) is 1. The second kappa shape index (κ2) is 5.13. The summed E-state index contributed by atoms with van der Waals surface area (Å²) in [5.41, 5.74) is 6.73. The van der Waals surface area contributed by atoms with E-state index in [0.29, 0.717) is 0 Å². The maximum atomic E-state index is 2.64. The van der Waals surface area contributed by atoms with Gasteiger partial charge in [0.15, 0.2) is 0 Å². The summed E-state index contributed by atoms with van der Waals surface area (Å²) in [6.07, 6.45) is 7.37. The molecule has 0 nitrogen and oxygen atoms in total. The molecule has 0 N–H and O–H groups in total. The first kappa shape index (κ1) is 15.7. The van der Waals surface area contributed by atoms with Crippen LogP contribution in [0.1, 0.15) is 43.2 Å². The Kier molecular flexibility index (Phi) is 2.77. The SMILES string of the molecule is c1ccc2c(c1)-c1cc3sc4ccccc4c3cc1C21C2CC3CC(C2)CC1C3. The molecule has 1 spiro atoms. The first-order chi connectivity index (χ1) is 14.3. The summed E-state index contributed by atoms with van der Waals surface area (Å²) in [6, 6.07) is 23.7. The summed E-state index contributed by atoms with van der Waals surface area (Å²) >= 11 is 1.97. The molecule has 4 fully saturated rings. The predicted octanol–water partition coefficient (Wildman–Crippen LogP) is 7.78. The highest BCUT2D eigenvalue weighted by atomic mass is 32.1. The zero-order valence-corrected chi connectivity index (χ0v) is 17.3. The maximum absolute atomic E-state index is 2.64. The lowest BCUT2D eigenvalue weighted by Gasteiger charge is -2.61. The molecule has 29 heavy (non-hydrogen) atoms. The van der Waals surface area contributed by atoms with Crippen LogP contribution in [-0.4, -0.2) is 0 Å². The van der Waals surface area contributed by atoms with Gasteiger partial charge in [-0.2, -0.15) is 0 Å². The third-order valence-corrected chi connectivity index (χ3v) is 10.2. The zero-order valence-electron chi connectivity index (χ0n) is 16.5. The van der Waals surface area contributed by atoms with Crippen LogP contribution >= 0.6 is 11.3 Å². The lowest BCUT2D eigenvalue weighted by Crippen LogP contribution is -2.55. The predicted molar refractivity (Wildman–Crippen MR) is 123 cm³/mol. The van der Waals surface area contributed by atoms with E-state index in [1.807, 2.05) is 11.3 Å². The third-order valence-electron chi connectivity index (χ3n) is 9.05. The van der Waals surface area contributed by atoms with Crippen molar-refractivity contribution in [2.24, 2.45) is 23.7 Å². The average Bonchev–Trinajstić information content (AvgIpc) is 3.24. The monoisotopic (exact) mass is 392 g/mol. The van der Waals surface area contributed by atoms with E-state index in [9.17, 15) is 0 Å². The van der Waals surface area contributed by atoms with Crippen LogP contribution in [0.15, 0.2) is 60.7 Å². The van der Waals surface area contributed by atoms with Gasteiger partial charge in [-0.25, -0.2) is 0 Å². The Labute approximate surface area is 175 Å². The summed E-state index contributed by atoms with van der Waals surface area (Å²) in [6.45, 7) is 0. The third kappa shape index (κ3) is 1.75. The zero-order chi connectivity index (χ0) is 18.7. The van der Waals surface area contributed by atoms with Crippen LogP contribution in [0.3, 0.4) is 0 Å². The highest BCUT2D eigenvalue weighted by molar-refractivity contribution is 7.25. The Morgan fingerprint density at radius 3 is 2.17 bits per heavy atom. The fourth-order valence-electron chi connectivity index (χ4n) is 8.37. The van der Waals surface area contributed by atoms with Crippen LogP contribution in [-0.2, 0) is 5.41 Å². The van der Waals surface area contributed by atoms with Gasteiger partial charge in [-0.15, -0.1) is 11.3 Å². The molecular weight excluding hydrogens is 368 g/mol. The highest BCUT2D eigenvalue weighted by Crippen LogP contribution is 2.69. The van der Waals surface area contributed by atoms with E-state index in [-0.39, 0.29) is 5.41 Å². The number of benzene rings is 3. The molecule has 0 amide bonds. The molecule has 0 aliphatic heterocycles. The van der Waals surface area contributed by atoms with E-state index in [4.69, 9.17) is 0 Å². The van der Waals surface area contributed by atoms with Crippen molar-refractivity contribution in [3.63, 3.8) is 0 Å². The second-order valence-corrected chi connectivity index (χ2v) is 11.3. The molecule has 1 heterocycles. The van der Waals surface area contributed by atoms with Gasteiger partial charge in [0.1, 0.15) is 0 Å². The maximum Gasteiger partial charge on any atom is 0.0361 e. The van der Waals surface area contributed by atoms with Gasteiger partial charge in [-0.3, -0.25) is 0 Å². The molecule has 4 bridgehead atoms. The fourth-order valence-corrected chi connectivity index (χ4v) is 9.49. The van der Waals surface area contributed by atoms with Gasteiger partial charge in [-0.05, 0) is 96.2 Å². The molecule has 4 saturated carbocycles. The van der Waals surface area contributed by atoms with Gasteiger partial charge in [0, 0.05) is 25.6 Å². The van der Waals surface area contributed by atoms with Gasteiger partial charge < -0.3 is 0 Å². The van der Waals surface area contributed by atoms with Crippen molar-refractivity contribution in [3.05, 3.63) is 71.8 Å². The molecule has 9 rings (SSSR count). The topological polar surface area (TPSA) is 0 Å². The lowest BCUT2D eigenvalue weighted by molar-refractivity contribution is -0.0398. The minimum atomic E-state index is 0.288. The standard InChI is InChI=1S/C28H24S/c1-3-7-24-20(5-1)22-15-27-23(21-6-2-4-8-26(21)29-27)14-25(22)28(24)18-10-16-9-17(12-18)13-19(28)11-16/h1-8,14-19H,9-13H2. The van der Waals surface area contributed by atoms with Crippen LogP contribution in [0, 0.1) is 23.7 Å². The first-order valence-corrected chi connectivity index (χ1v) is 12.2. The molecule has 1 heteroatoms. The van der Waals surface area contributed by atoms with Gasteiger partial charge in [-0.1, -0.05) is 42.5 Å². The van der Waals surface area contributed by atoms with E-state index in [1.54, 1.807) is 16.7 Å². The molecular formula is C28H24S. The molecule has 142 valence electrons. The molecule has 5 aliphatic carbocycles. The average molecular weight is 393 g/mol. The molecule has 0 unspecified atom stereocenters. The fraction of sp³-hybridized carbons (Fsp3) is 0.357. The van der Waals surface area contributed by atoms with Gasteiger partial charge in [0.25, 0.3) is 0 Å². The van der Waals surface area contributed by atoms with Crippen molar-refractivity contribution < 1.29 is 0 Å². The minimum absolute atomic E-state index is 0.288. The molecule has 0 radical (unpaired) electrons. The van der Waals surface area contributed by atoms with Crippen LogP contribution < -0.4 is 0 Å². The number of hydrogen-bond donors (Lipinski definition) is 0. The summed E-state index contributed by atoms with van der Waals surface area (Å²) in [5.74, 6) is 3.71. The molecule has 0 atom stereocenters. The quantitative estimate of drug-likeness (QED) is 0.287. The normalized spacial score (nSPS) is 33.7. The summed E-state index contributed by atoms with van der Waals surface area (Å²) < 4.78 is 2.89. The summed E-state index contributed by atoms with van der Waals surface area (Å²) in [5, 5.41) is 2.94. The summed E-state index contributed by atoms with van der Waals surface area (Å²) in [7, 11) is 0. The van der Waals surface area contributed by atoms with Crippen LogP contribution in [0.5, 0.6) is 0 Å². The molecule has 1 aromatic heterocycles. The van der Waals surface area contributed by atoms with Crippen molar-refractivity contribution in [1.29, 1.82) is 0 Å². The summed E-state index contributed by atoms with van der Waals surface area (Å²) in [4.78, 5) is 0. The van der Waals surface area contributed by atoms with Crippen molar-refractivity contribution in [2.75, 3.05) is 0 Å². The minimum Gasteiger partial charge on any atom is -0.135 e. The lowest BCUT2D eigenvalue weighted by atomic mass is 9.43. The Bertz CT molecular complexity index is 1290. The van der Waals surface area contributed by atoms with Crippen LogP contribution in [0.25, 0.3) is 31.3 Å². The molecule has 3 aromatic carbocycles.